The topological polar surface area (TPSA) is 55.2 Å². The van der Waals surface area contributed by atoms with Crippen LogP contribution in [0.5, 0.6) is 0 Å². The SMILES string of the molecule is O=[N+]([O-])c1ccccc1/C=C/CNc1ccccc1Cl. The maximum Gasteiger partial charge on any atom is 0.276 e. The minimum Gasteiger partial charge on any atom is -0.380 e. The number of nitrogens with zero attached hydrogens (tertiary/aromatic N) is 1. The van der Waals surface area contributed by atoms with Crippen molar-refractivity contribution in [1.29, 1.82) is 0 Å². The van der Waals surface area contributed by atoms with Crippen LogP contribution in [0.4, 0.5) is 11.4 Å². The fourth-order valence-corrected chi connectivity index (χ4v) is 1.96. The molecule has 2 rings (SSSR count). The van der Waals surface area contributed by atoms with Gasteiger partial charge in [0.15, 0.2) is 0 Å². The predicted octanol–water partition coefficient (Wildman–Crippen LogP) is 4.37. The normalized spacial score (nSPS) is 10.7. The van der Waals surface area contributed by atoms with Gasteiger partial charge in [0, 0.05) is 12.6 Å². The molecule has 0 aliphatic carbocycles. The first-order chi connectivity index (χ1) is 9.68. The van der Waals surface area contributed by atoms with Crippen LogP contribution < -0.4 is 5.32 Å². The molecule has 102 valence electrons. The minimum absolute atomic E-state index is 0.0986. The highest BCUT2D eigenvalue weighted by molar-refractivity contribution is 6.33. The van der Waals surface area contributed by atoms with E-state index in [1.807, 2.05) is 24.3 Å². The lowest BCUT2D eigenvalue weighted by Gasteiger charge is -2.04. The molecule has 0 aliphatic heterocycles. The molecule has 0 saturated carbocycles. The second-order valence-corrected chi connectivity index (χ2v) is 4.49. The second-order valence-electron chi connectivity index (χ2n) is 4.08. The zero-order valence-corrected chi connectivity index (χ0v) is 11.4. The molecule has 20 heavy (non-hydrogen) atoms. The van der Waals surface area contributed by atoms with Crippen molar-refractivity contribution in [2.24, 2.45) is 0 Å². The molecule has 0 amide bonds. The highest BCUT2D eigenvalue weighted by atomic mass is 35.5. The van der Waals surface area contributed by atoms with E-state index in [0.717, 1.165) is 5.69 Å². The monoisotopic (exact) mass is 288 g/mol. The maximum atomic E-state index is 10.9. The van der Waals surface area contributed by atoms with E-state index in [9.17, 15) is 10.1 Å². The molecule has 0 heterocycles. The van der Waals surface area contributed by atoms with E-state index in [2.05, 4.69) is 5.32 Å². The highest BCUT2D eigenvalue weighted by Crippen LogP contribution is 2.21. The summed E-state index contributed by atoms with van der Waals surface area (Å²) < 4.78 is 0. The Kier molecular flexibility index (Phi) is 4.74. The van der Waals surface area contributed by atoms with Crippen molar-refractivity contribution >= 4 is 29.1 Å². The molecule has 0 aliphatic rings. The first kappa shape index (κ1) is 14.1. The average Bonchev–Trinajstić information content (AvgIpc) is 2.45. The third-order valence-corrected chi connectivity index (χ3v) is 3.04. The summed E-state index contributed by atoms with van der Waals surface area (Å²) in [6, 6.07) is 14.0. The van der Waals surface area contributed by atoms with E-state index in [1.54, 1.807) is 30.3 Å². The lowest BCUT2D eigenvalue weighted by molar-refractivity contribution is -0.385. The summed E-state index contributed by atoms with van der Waals surface area (Å²) in [5.41, 5.74) is 1.52. The fraction of sp³-hybridized carbons (Fsp3) is 0.0667. The molecule has 4 nitrogen and oxygen atoms in total. The Balaban J connectivity index is 2.01. The standard InChI is InChI=1S/C15H13ClN2O2/c16-13-8-2-3-9-14(13)17-11-5-7-12-6-1-4-10-15(12)18(19)20/h1-10,17H,11H2/b7-5+. The van der Waals surface area contributed by atoms with Crippen molar-refractivity contribution in [3.05, 3.63) is 75.3 Å². The zero-order chi connectivity index (χ0) is 14.4. The van der Waals surface area contributed by atoms with Crippen molar-refractivity contribution in [3.8, 4) is 0 Å². The quantitative estimate of drug-likeness (QED) is 0.656. The summed E-state index contributed by atoms with van der Waals surface area (Å²) in [5.74, 6) is 0. The van der Waals surface area contributed by atoms with Gasteiger partial charge < -0.3 is 5.32 Å². The van der Waals surface area contributed by atoms with E-state index >= 15 is 0 Å². The van der Waals surface area contributed by atoms with Crippen LogP contribution in [0.25, 0.3) is 6.08 Å². The van der Waals surface area contributed by atoms with E-state index in [0.29, 0.717) is 17.1 Å². The van der Waals surface area contributed by atoms with E-state index in [1.165, 1.54) is 6.07 Å². The minimum atomic E-state index is -0.388. The first-order valence-electron chi connectivity index (χ1n) is 6.07. The smallest absolute Gasteiger partial charge is 0.276 e. The molecule has 0 fully saturated rings. The average molecular weight is 289 g/mol. The number of para-hydroxylation sites is 2. The van der Waals surface area contributed by atoms with Gasteiger partial charge in [-0.3, -0.25) is 10.1 Å². The fourth-order valence-electron chi connectivity index (χ4n) is 1.75. The van der Waals surface area contributed by atoms with E-state index < -0.39 is 0 Å². The van der Waals surface area contributed by atoms with Gasteiger partial charge in [-0.05, 0) is 18.2 Å². The summed E-state index contributed by atoms with van der Waals surface area (Å²) in [7, 11) is 0. The number of rotatable bonds is 5. The van der Waals surface area contributed by atoms with E-state index in [4.69, 9.17) is 11.6 Å². The van der Waals surface area contributed by atoms with Crippen molar-refractivity contribution in [2.45, 2.75) is 0 Å². The summed E-state index contributed by atoms with van der Waals surface area (Å²) in [6.45, 7) is 0.537. The molecule has 0 radical (unpaired) electrons. The van der Waals surface area contributed by atoms with Gasteiger partial charge in [-0.15, -0.1) is 0 Å². The van der Waals surface area contributed by atoms with Crippen LogP contribution in [0.2, 0.25) is 5.02 Å². The van der Waals surface area contributed by atoms with Gasteiger partial charge in [0.25, 0.3) is 5.69 Å². The third-order valence-electron chi connectivity index (χ3n) is 2.72. The molecule has 0 unspecified atom stereocenters. The maximum absolute atomic E-state index is 10.9. The number of anilines is 1. The number of benzene rings is 2. The lowest BCUT2D eigenvalue weighted by atomic mass is 10.1. The molecule has 2 aromatic rings. The van der Waals surface area contributed by atoms with E-state index in [-0.39, 0.29) is 10.6 Å². The highest BCUT2D eigenvalue weighted by Gasteiger charge is 2.08. The van der Waals surface area contributed by atoms with Crippen LogP contribution in [0.1, 0.15) is 5.56 Å². The van der Waals surface area contributed by atoms with Crippen LogP contribution in [-0.2, 0) is 0 Å². The second kappa shape index (κ2) is 6.73. The third kappa shape index (κ3) is 3.59. The molecule has 2 aromatic carbocycles. The van der Waals surface area contributed by atoms with Crippen molar-refractivity contribution in [1.82, 2.24) is 0 Å². The molecule has 0 spiro atoms. The Bertz CT molecular complexity index is 641. The zero-order valence-electron chi connectivity index (χ0n) is 10.6. The molecule has 5 heteroatoms. The van der Waals surface area contributed by atoms with Gasteiger partial charge in [0.05, 0.1) is 21.2 Å². The lowest BCUT2D eigenvalue weighted by Crippen LogP contribution is -1.98. The van der Waals surface area contributed by atoms with Gasteiger partial charge in [0.2, 0.25) is 0 Å². The number of halogens is 1. The molecule has 0 saturated heterocycles. The first-order valence-corrected chi connectivity index (χ1v) is 6.44. The Hall–Kier alpha value is -2.33. The molecule has 0 bridgehead atoms. The van der Waals surface area contributed by atoms with Crippen molar-refractivity contribution in [2.75, 3.05) is 11.9 Å². The molecule has 0 atom stereocenters. The summed E-state index contributed by atoms with van der Waals surface area (Å²) in [6.07, 6.45) is 3.55. The Labute approximate surface area is 121 Å². The number of hydrogen-bond acceptors (Lipinski definition) is 3. The predicted molar refractivity (Wildman–Crippen MR) is 82.1 cm³/mol. The van der Waals surface area contributed by atoms with Gasteiger partial charge in [-0.25, -0.2) is 0 Å². The Morgan fingerprint density at radius 2 is 1.85 bits per heavy atom. The number of nitro benzene ring substituents is 1. The molecule has 0 aromatic heterocycles. The molecular weight excluding hydrogens is 276 g/mol. The van der Waals surface area contributed by atoms with Gasteiger partial charge in [0.1, 0.15) is 0 Å². The van der Waals surface area contributed by atoms with Gasteiger partial charge in [-0.2, -0.15) is 0 Å². The van der Waals surface area contributed by atoms with Gasteiger partial charge >= 0.3 is 0 Å². The van der Waals surface area contributed by atoms with Crippen LogP contribution >= 0.6 is 11.6 Å². The summed E-state index contributed by atoms with van der Waals surface area (Å²) >= 11 is 6.01. The summed E-state index contributed by atoms with van der Waals surface area (Å²) in [4.78, 5) is 10.5. The molecular formula is C15H13ClN2O2. The van der Waals surface area contributed by atoms with Crippen LogP contribution in [0.3, 0.4) is 0 Å². The van der Waals surface area contributed by atoms with Gasteiger partial charge in [-0.1, -0.05) is 48.0 Å². The van der Waals surface area contributed by atoms with Crippen molar-refractivity contribution in [3.63, 3.8) is 0 Å². The molecule has 1 N–H and O–H groups in total. The number of nitrogens with one attached hydrogen (secondary N) is 1. The summed E-state index contributed by atoms with van der Waals surface area (Å²) in [5, 5.41) is 14.6. The van der Waals surface area contributed by atoms with Crippen LogP contribution in [-0.4, -0.2) is 11.5 Å². The van der Waals surface area contributed by atoms with Crippen LogP contribution in [0.15, 0.2) is 54.6 Å². The number of nitro groups is 1. The van der Waals surface area contributed by atoms with Crippen molar-refractivity contribution < 1.29 is 4.92 Å². The number of hydrogen-bond donors (Lipinski definition) is 1. The largest absolute Gasteiger partial charge is 0.380 e. The van der Waals surface area contributed by atoms with Crippen LogP contribution in [0, 0.1) is 10.1 Å². The Morgan fingerprint density at radius 3 is 2.60 bits per heavy atom. The Morgan fingerprint density at radius 1 is 1.15 bits per heavy atom.